The smallest absolute Gasteiger partial charge is 0.226 e. The highest BCUT2D eigenvalue weighted by Gasteiger charge is 2.28. The average molecular weight is 734 g/mol. The highest BCUT2D eigenvalue weighted by atomic mass is 16.4. The summed E-state index contributed by atoms with van der Waals surface area (Å²) in [4.78, 5) is 9.39. The van der Waals surface area contributed by atoms with Crippen LogP contribution in [0.25, 0.3) is 72.6 Å². The summed E-state index contributed by atoms with van der Waals surface area (Å²) in [7, 11) is 0. The van der Waals surface area contributed by atoms with Gasteiger partial charge >= 0.3 is 0 Å². The van der Waals surface area contributed by atoms with E-state index < -0.39 is 31.1 Å². The highest BCUT2D eigenvalue weighted by molar-refractivity contribution is 6.10. The Morgan fingerprint density at radius 1 is 0.782 bits per heavy atom. The van der Waals surface area contributed by atoms with Gasteiger partial charge in [-0.05, 0) is 139 Å². The molecule has 3 aromatic heterocycles. The van der Waals surface area contributed by atoms with E-state index in [4.69, 9.17) is 22.0 Å². The third kappa shape index (κ3) is 6.18. The molecule has 0 spiro atoms. The minimum atomic E-state index is -2.86. The van der Waals surface area contributed by atoms with Crippen LogP contribution in [0.2, 0.25) is 0 Å². The maximum Gasteiger partial charge on any atom is 0.226 e. The van der Waals surface area contributed by atoms with Gasteiger partial charge in [0.15, 0.2) is 0 Å². The lowest BCUT2D eigenvalue weighted by molar-refractivity contribution is 0.224. The summed E-state index contributed by atoms with van der Waals surface area (Å²) in [6, 6.07) is 30.4. The lowest BCUT2D eigenvalue weighted by Gasteiger charge is -2.34. The van der Waals surface area contributed by atoms with Crippen LogP contribution in [0.15, 0.2) is 106 Å². The Balaban J connectivity index is 1.20. The van der Waals surface area contributed by atoms with Crippen LogP contribution in [0.5, 0.6) is 0 Å². The third-order valence-electron chi connectivity index (χ3n) is 11.5. The average Bonchev–Trinajstić information content (AvgIpc) is 3.97. The second kappa shape index (κ2) is 13.4. The molecule has 0 bridgehead atoms. The molecular weight excluding hydrogens is 675 g/mol. The van der Waals surface area contributed by atoms with Crippen LogP contribution in [0, 0.1) is 19.1 Å². The molecule has 55 heavy (non-hydrogen) atoms. The molecular formula is C50H51N3O2. The maximum atomic E-state index is 9.38. The van der Waals surface area contributed by atoms with Gasteiger partial charge in [0.25, 0.3) is 0 Å². The van der Waals surface area contributed by atoms with Crippen LogP contribution in [0.4, 0.5) is 0 Å². The van der Waals surface area contributed by atoms with Crippen molar-refractivity contribution in [2.45, 2.75) is 98.7 Å². The van der Waals surface area contributed by atoms with Gasteiger partial charge in [-0.25, -0.2) is 9.97 Å². The van der Waals surface area contributed by atoms with E-state index in [0.717, 1.165) is 75.6 Å². The summed E-state index contributed by atoms with van der Waals surface area (Å²) < 4.78 is 80.6. The normalized spacial score (nSPS) is 18.2. The topological polar surface area (TPSA) is 57.0 Å². The molecule has 0 saturated heterocycles. The number of hydrogen-bond donors (Lipinski definition) is 0. The molecule has 0 unspecified atom stereocenters. The fraction of sp³-hybridized carbons (Fsp3) is 0.320. The Kier molecular flexibility index (Phi) is 6.63. The summed E-state index contributed by atoms with van der Waals surface area (Å²) in [5.41, 5.74) is 9.58. The second-order valence-electron chi connectivity index (χ2n) is 16.5. The van der Waals surface area contributed by atoms with Gasteiger partial charge in [0.2, 0.25) is 5.89 Å². The molecule has 0 N–H and O–H groups in total. The first-order chi connectivity index (χ1) is 29.6. The van der Waals surface area contributed by atoms with Crippen molar-refractivity contribution in [2.24, 2.45) is 5.41 Å². The number of aryl methyl sites for hydroxylation is 2. The zero-order chi connectivity index (χ0) is 45.0. The van der Waals surface area contributed by atoms with Gasteiger partial charge in [-0.1, -0.05) is 90.1 Å². The van der Waals surface area contributed by atoms with Gasteiger partial charge in [-0.2, -0.15) is 0 Å². The Bertz CT molecular complexity index is 2990. The number of nitrogens with zero attached hydrogens (tertiary/aromatic N) is 3. The molecule has 9 rings (SSSR count). The molecule has 5 aromatic carbocycles. The van der Waals surface area contributed by atoms with E-state index in [2.05, 4.69) is 93.6 Å². The van der Waals surface area contributed by atoms with Crippen molar-refractivity contribution in [1.82, 2.24) is 14.5 Å². The minimum absolute atomic E-state index is 0.103. The van der Waals surface area contributed by atoms with Crippen LogP contribution in [-0.2, 0) is 0 Å². The molecule has 8 aromatic rings. The zero-order valence-corrected chi connectivity index (χ0v) is 32.3. The van der Waals surface area contributed by atoms with Crippen molar-refractivity contribution in [1.29, 1.82) is 0 Å². The molecule has 0 amide bonds. The fourth-order valence-corrected chi connectivity index (χ4v) is 8.30. The SMILES string of the molecule is [2H]c1c(-c2nc(C([2H])([2H])[2H])c(C([2H])([2H])[2H])o2)ccc2c1oc1c(-c3nc4ccccc4n3-c3c(C(C)C)cc(-c4ccc(C5([2H])CCC(C)(C)CC5)cc4)cc3C(C)C)cccc12. The lowest BCUT2D eigenvalue weighted by atomic mass is 9.71. The molecule has 0 aliphatic heterocycles. The van der Waals surface area contributed by atoms with Crippen LogP contribution in [0.1, 0.15) is 124 Å². The first-order valence-electron chi connectivity index (χ1n) is 23.4. The van der Waals surface area contributed by atoms with E-state index in [1.807, 2.05) is 36.4 Å². The fourth-order valence-electron chi connectivity index (χ4n) is 8.30. The third-order valence-corrected chi connectivity index (χ3v) is 11.5. The van der Waals surface area contributed by atoms with Gasteiger partial charge in [0.1, 0.15) is 22.8 Å². The second-order valence-corrected chi connectivity index (χ2v) is 16.5. The van der Waals surface area contributed by atoms with E-state index in [9.17, 15) is 2.74 Å². The number of furan rings is 1. The quantitative estimate of drug-likeness (QED) is 0.164. The molecule has 1 aliphatic rings. The van der Waals surface area contributed by atoms with E-state index >= 15 is 0 Å². The Morgan fingerprint density at radius 2 is 1.51 bits per heavy atom. The standard InChI is InChI=1S/C50H51N3O2/c1-29(2)41-26-37(34-18-16-33(17-19-34)35-22-24-50(7,8)25-23-35)27-42(30(3)4)46(41)53-44-15-10-9-14-43(44)52-48(53)40-13-11-12-39-38-21-20-36(28-45(38)55-47(39)40)49-51-31(5)32(6)54-49/h9-21,26-30,35H,22-25H2,1-8H3/i5D3,6D3,28D,35D. The van der Waals surface area contributed by atoms with Crippen LogP contribution < -0.4 is 0 Å². The Morgan fingerprint density at radius 3 is 2.20 bits per heavy atom. The molecule has 1 saturated carbocycles. The number of fused-ring (bicyclic) bond motifs is 4. The monoisotopic (exact) mass is 733 g/mol. The van der Waals surface area contributed by atoms with Crippen molar-refractivity contribution in [3.05, 3.63) is 125 Å². The number of aromatic nitrogens is 3. The summed E-state index contributed by atoms with van der Waals surface area (Å²) in [6.07, 6.45) is 3.83. The van der Waals surface area contributed by atoms with Gasteiger partial charge < -0.3 is 8.83 Å². The van der Waals surface area contributed by atoms with Gasteiger partial charge in [0.05, 0.1) is 29.3 Å². The number of hydrogen-bond acceptors (Lipinski definition) is 4. The van der Waals surface area contributed by atoms with E-state index in [-0.39, 0.29) is 40.3 Å². The summed E-state index contributed by atoms with van der Waals surface area (Å²) >= 11 is 0. The van der Waals surface area contributed by atoms with Crippen molar-refractivity contribution in [3.63, 3.8) is 0 Å². The van der Waals surface area contributed by atoms with E-state index in [1.54, 1.807) is 12.1 Å². The lowest BCUT2D eigenvalue weighted by Crippen LogP contribution is -2.20. The van der Waals surface area contributed by atoms with Crippen molar-refractivity contribution in [3.8, 4) is 39.7 Å². The highest BCUT2D eigenvalue weighted by Crippen LogP contribution is 2.45. The van der Waals surface area contributed by atoms with Gasteiger partial charge in [-0.3, -0.25) is 4.57 Å². The molecule has 0 atom stereocenters. The number of imidazole rings is 1. The first kappa shape index (κ1) is 27.2. The summed E-state index contributed by atoms with van der Waals surface area (Å²) in [6.45, 7) is 7.77. The summed E-state index contributed by atoms with van der Waals surface area (Å²) in [5, 5.41) is 1.39. The molecule has 1 aliphatic carbocycles. The number of oxazole rings is 1. The van der Waals surface area contributed by atoms with E-state index in [1.165, 1.54) is 0 Å². The molecule has 5 nitrogen and oxygen atoms in total. The van der Waals surface area contributed by atoms with Gasteiger partial charge in [-0.15, -0.1) is 0 Å². The molecule has 3 heterocycles. The van der Waals surface area contributed by atoms with Crippen molar-refractivity contribution >= 4 is 33.0 Å². The largest absolute Gasteiger partial charge is 0.455 e. The first-order valence-corrected chi connectivity index (χ1v) is 19.4. The Labute approximate surface area is 335 Å². The van der Waals surface area contributed by atoms with Gasteiger partial charge in [0, 0.05) is 25.9 Å². The number of rotatable bonds is 7. The number of benzene rings is 5. The van der Waals surface area contributed by atoms with Crippen molar-refractivity contribution < 1.29 is 19.8 Å². The van der Waals surface area contributed by atoms with Crippen LogP contribution in [-0.4, -0.2) is 14.5 Å². The van der Waals surface area contributed by atoms with Crippen LogP contribution >= 0.6 is 0 Å². The minimum Gasteiger partial charge on any atom is -0.455 e. The zero-order valence-electron chi connectivity index (χ0n) is 40.3. The van der Waals surface area contributed by atoms with E-state index in [0.29, 0.717) is 22.4 Å². The molecule has 0 radical (unpaired) electrons. The molecule has 1 fully saturated rings. The molecule has 5 heteroatoms. The predicted octanol–water partition coefficient (Wildman–Crippen LogP) is 14.5. The summed E-state index contributed by atoms with van der Waals surface area (Å²) in [5.74, 6) is -0.642. The predicted molar refractivity (Wildman–Crippen MR) is 227 cm³/mol. The maximum absolute atomic E-state index is 9.38. The van der Waals surface area contributed by atoms with Crippen LogP contribution in [0.3, 0.4) is 0 Å². The Hall–Kier alpha value is -5.42. The number of para-hydroxylation sites is 3. The van der Waals surface area contributed by atoms with Crippen molar-refractivity contribution in [2.75, 3.05) is 0 Å². The molecule has 278 valence electrons.